The fraction of sp³-hybridized carbons (Fsp3) is 0.571. The van der Waals surface area contributed by atoms with E-state index in [0.29, 0.717) is 39.0 Å². The Bertz CT molecular complexity index is 1060. The molecule has 2 heterocycles. The molecule has 0 unspecified atom stereocenters. The molecule has 2 aromatic rings. The van der Waals surface area contributed by atoms with Gasteiger partial charge < -0.3 is 10.6 Å². The van der Waals surface area contributed by atoms with Crippen molar-refractivity contribution in [1.29, 1.82) is 0 Å². The molecule has 0 spiro atoms. The molecule has 3 saturated carbocycles. The van der Waals surface area contributed by atoms with Crippen LogP contribution in [0.4, 0.5) is 5.69 Å². The lowest BCUT2D eigenvalue weighted by atomic mass is 9.45. The van der Waals surface area contributed by atoms with E-state index >= 15 is 0 Å². The van der Waals surface area contributed by atoms with Gasteiger partial charge in [0.25, 0.3) is 5.56 Å². The largest absolute Gasteiger partial charge is 0.379 e. The van der Waals surface area contributed by atoms with Crippen LogP contribution >= 0.6 is 27.5 Å². The number of aromatic nitrogens is 4. The summed E-state index contributed by atoms with van der Waals surface area (Å²) in [7, 11) is 0. The quantitative estimate of drug-likeness (QED) is 0.620. The van der Waals surface area contributed by atoms with Crippen molar-refractivity contribution in [2.45, 2.75) is 52.7 Å². The number of carbonyl (C=O) groups is 1. The maximum Gasteiger partial charge on any atom is 0.288 e. The monoisotopic (exact) mass is 508 g/mol. The smallest absolute Gasteiger partial charge is 0.288 e. The van der Waals surface area contributed by atoms with E-state index < -0.39 is 5.56 Å². The first-order chi connectivity index (χ1) is 14.7. The Morgan fingerprint density at radius 1 is 1.35 bits per heavy atom. The Balaban J connectivity index is 1.39. The molecule has 3 aliphatic rings. The minimum absolute atomic E-state index is 0.0621. The van der Waals surface area contributed by atoms with Gasteiger partial charge in [0, 0.05) is 12.2 Å². The molecular formula is C21H26BrClN6O2. The van der Waals surface area contributed by atoms with Crippen LogP contribution in [0.5, 0.6) is 0 Å². The third-order valence-electron chi connectivity index (χ3n) is 7.17. The number of amides is 1. The number of anilines is 1. The second kappa shape index (κ2) is 8.50. The molecule has 3 aliphatic carbocycles. The van der Waals surface area contributed by atoms with Crippen molar-refractivity contribution in [3.63, 3.8) is 0 Å². The van der Waals surface area contributed by atoms with Crippen LogP contribution in [0.1, 0.15) is 39.3 Å². The van der Waals surface area contributed by atoms with Crippen LogP contribution in [0.15, 0.2) is 28.0 Å². The summed E-state index contributed by atoms with van der Waals surface area (Å²) in [6.45, 7) is 6.95. The average molecular weight is 510 g/mol. The van der Waals surface area contributed by atoms with Gasteiger partial charge >= 0.3 is 0 Å². The van der Waals surface area contributed by atoms with E-state index in [4.69, 9.17) is 11.6 Å². The highest BCUT2D eigenvalue weighted by molar-refractivity contribution is 9.10. The maximum absolute atomic E-state index is 12.7. The molecule has 2 bridgehead atoms. The van der Waals surface area contributed by atoms with Crippen LogP contribution in [0.3, 0.4) is 0 Å². The van der Waals surface area contributed by atoms with E-state index in [0.717, 1.165) is 11.1 Å². The molecule has 5 rings (SSSR count). The average Bonchev–Trinajstić information content (AvgIpc) is 2.73. The Morgan fingerprint density at radius 2 is 2.13 bits per heavy atom. The highest BCUT2D eigenvalue weighted by atomic mass is 79.9. The Kier molecular flexibility index (Phi) is 6.09. The molecule has 3 fully saturated rings. The number of rotatable bonds is 6. The molecule has 31 heavy (non-hydrogen) atoms. The van der Waals surface area contributed by atoms with Gasteiger partial charge in [-0.2, -0.15) is 5.10 Å². The number of hydrogen-bond donors (Lipinski definition) is 2. The van der Waals surface area contributed by atoms with Gasteiger partial charge in [0.05, 0.1) is 28.6 Å². The molecule has 0 radical (unpaired) electrons. The lowest BCUT2D eigenvalue weighted by molar-refractivity contribution is -0.122. The fourth-order valence-corrected chi connectivity index (χ4v) is 5.62. The summed E-state index contributed by atoms with van der Waals surface area (Å²) in [4.78, 5) is 32.9. The maximum atomic E-state index is 12.7. The molecule has 4 atom stereocenters. The van der Waals surface area contributed by atoms with Gasteiger partial charge in [-0.3, -0.25) is 9.59 Å². The van der Waals surface area contributed by atoms with E-state index in [2.05, 4.69) is 62.4 Å². The third kappa shape index (κ3) is 4.22. The summed E-state index contributed by atoms with van der Waals surface area (Å²) in [6.07, 6.45) is 6.88. The van der Waals surface area contributed by atoms with Crippen molar-refractivity contribution in [3.8, 4) is 0 Å². The molecule has 10 heteroatoms. The van der Waals surface area contributed by atoms with Crippen LogP contribution in [0.25, 0.3) is 0 Å². The summed E-state index contributed by atoms with van der Waals surface area (Å²) < 4.78 is 1.77. The van der Waals surface area contributed by atoms with Gasteiger partial charge in [-0.25, -0.2) is 14.6 Å². The number of nitrogens with one attached hydrogen (secondary N) is 2. The van der Waals surface area contributed by atoms with Crippen molar-refractivity contribution in [3.05, 3.63) is 44.3 Å². The second-order valence-corrected chi connectivity index (χ2v) is 10.4. The molecule has 1 amide bonds. The van der Waals surface area contributed by atoms with Crippen molar-refractivity contribution >= 4 is 39.1 Å². The molecule has 166 valence electrons. The van der Waals surface area contributed by atoms with Gasteiger partial charge in [-0.15, -0.1) is 0 Å². The number of hydrogen-bond acceptors (Lipinski definition) is 6. The Morgan fingerprint density at radius 3 is 2.81 bits per heavy atom. The van der Waals surface area contributed by atoms with Crippen molar-refractivity contribution < 1.29 is 4.79 Å². The molecule has 0 aliphatic heterocycles. The van der Waals surface area contributed by atoms with E-state index in [1.807, 2.05) is 0 Å². The summed E-state index contributed by atoms with van der Waals surface area (Å²) in [5, 5.41) is 10.4. The fourth-order valence-electron chi connectivity index (χ4n) is 5.06. The lowest BCUT2D eigenvalue weighted by Gasteiger charge is -2.62. The van der Waals surface area contributed by atoms with Gasteiger partial charge in [-0.1, -0.05) is 32.4 Å². The zero-order valence-corrected chi connectivity index (χ0v) is 20.1. The first kappa shape index (κ1) is 22.2. The SMILES string of the molecule is C[C@H]1[C@H](Nc2cnn(CC(=O)NCc3ncncc3Br)c(=O)c2Cl)C[C@H]2C[C@@H]1C2(C)C. The number of nitrogens with zero attached hydrogens (tertiary/aromatic N) is 4. The van der Waals surface area contributed by atoms with Gasteiger partial charge in [0.1, 0.15) is 17.9 Å². The molecule has 2 N–H and O–H groups in total. The topological polar surface area (TPSA) is 102 Å². The standard InChI is InChI=1S/C21H26BrClN6O2/c1-11-13-4-12(21(13,2)3)5-15(11)28-17-8-27-29(20(31)19(17)23)9-18(30)25-7-16-14(22)6-24-10-26-16/h6,8,10-13,15,28H,4-5,7,9H2,1-3H3,(H,25,30)/t11-,12-,13+,15-/m1/s1. The normalized spacial score (nSPS) is 26.1. The van der Waals surface area contributed by atoms with Crippen LogP contribution in [-0.4, -0.2) is 31.7 Å². The summed E-state index contributed by atoms with van der Waals surface area (Å²) >= 11 is 9.69. The summed E-state index contributed by atoms with van der Waals surface area (Å²) in [5.74, 6) is 1.50. The number of carbonyl (C=O) groups excluding carboxylic acids is 1. The minimum Gasteiger partial charge on any atom is -0.379 e. The minimum atomic E-state index is -0.487. The molecule has 2 aromatic heterocycles. The summed E-state index contributed by atoms with van der Waals surface area (Å²) in [5.41, 5.74) is 1.07. The lowest BCUT2D eigenvalue weighted by Crippen LogP contribution is -2.58. The third-order valence-corrected chi connectivity index (χ3v) is 8.20. The molecule has 8 nitrogen and oxygen atoms in total. The van der Waals surface area contributed by atoms with Crippen molar-refractivity contribution in [2.24, 2.45) is 23.2 Å². The van der Waals surface area contributed by atoms with Crippen molar-refractivity contribution in [2.75, 3.05) is 5.32 Å². The highest BCUT2D eigenvalue weighted by Gasteiger charge is 2.56. The zero-order valence-electron chi connectivity index (χ0n) is 17.7. The van der Waals surface area contributed by atoms with Crippen LogP contribution in [-0.2, 0) is 17.9 Å². The van der Waals surface area contributed by atoms with Gasteiger partial charge in [0.15, 0.2) is 0 Å². The predicted molar refractivity (Wildman–Crippen MR) is 122 cm³/mol. The number of halogens is 2. The van der Waals surface area contributed by atoms with Crippen LogP contribution in [0, 0.1) is 23.2 Å². The first-order valence-corrected chi connectivity index (χ1v) is 11.6. The van der Waals surface area contributed by atoms with E-state index in [-0.39, 0.29) is 30.1 Å². The zero-order chi connectivity index (χ0) is 22.3. The van der Waals surface area contributed by atoms with E-state index in [1.54, 1.807) is 6.20 Å². The van der Waals surface area contributed by atoms with E-state index in [1.165, 1.54) is 18.9 Å². The molecule has 0 aromatic carbocycles. The van der Waals surface area contributed by atoms with Crippen LogP contribution in [0.2, 0.25) is 5.02 Å². The molecular weight excluding hydrogens is 484 g/mol. The van der Waals surface area contributed by atoms with E-state index in [9.17, 15) is 9.59 Å². The van der Waals surface area contributed by atoms with Crippen molar-refractivity contribution in [1.82, 2.24) is 25.1 Å². The second-order valence-electron chi connectivity index (χ2n) is 9.14. The predicted octanol–water partition coefficient (Wildman–Crippen LogP) is 3.25. The van der Waals surface area contributed by atoms with Crippen LogP contribution < -0.4 is 16.2 Å². The van der Waals surface area contributed by atoms with Gasteiger partial charge in [-0.05, 0) is 51.9 Å². The molecule has 0 saturated heterocycles. The number of fused-ring (bicyclic) bond motifs is 2. The summed E-state index contributed by atoms with van der Waals surface area (Å²) in [6, 6.07) is 0.265. The Hall–Kier alpha value is -2.00. The highest BCUT2D eigenvalue weighted by Crippen LogP contribution is 2.61. The van der Waals surface area contributed by atoms with Gasteiger partial charge in [0.2, 0.25) is 5.91 Å². The Labute approximate surface area is 194 Å². The first-order valence-electron chi connectivity index (χ1n) is 10.4.